The van der Waals surface area contributed by atoms with E-state index in [9.17, 15) is 26.7 Å². The fourth-order valence-corrected chi connectivity index (χ4v) is 1.02. The Morgan fingerprint density at radius 2 is 1.56 bits per heavy atom. The van der Waals surface area contributed by atoms with Crippen molar-refractivity contribution in [1.82, 2.24) is 0 Å². The molecular weight excluding hydrogens is 239 g/mol. The standard InChI is InChI=1S/C8H11F5O3/c1-6(16,8(12,13)5(14)15)3-2-4-7(9,10)11/h16H,2-4H2,1H3,(H,14,15). The molecule has 0 amide bonds. The summed E-state index contributed by atoms with van der Waals surface area (Å²) >= 11 is 0. The molecule has 0 aliphatic heterocycles. The van der Waals surface area contributed by atoms with Crippen molar-refractivity contribution in [2.45, 2.75) is 43.9 Å². The van der Waals surface area contributed by atoms with E-state index in [0.717, 1.165) is 0 Å². The molecule has 0 rings (SSSR count). The minimum Gasteiger partial charge on any atom is -0.477 e. The molecule has 3 nitrogen and oxygen atoms in total. The third-order valence-corrected chi connectivity index (χ3v) is 2.07. The lowest BCUT2D eigenvalue weighted by atomic mass is 9.91. The van der Waals surface area contributed by atoms with Gasteiger partial charge in [-0.2, -0.15) is 22.0 Å². The van der Waals surface area contributed by atoms with Gasteiger partial charge in [0.2, 0.25) is 0 Å². The molecule has 0 saturated heterocycles. The average molecular weight is 250 g/mol. The number of carbonyl (C=O) groups is 1. The smallest absolute Gasteiger partial charge is 0.389 e. The zero-order valence-corrected chi connectivity index (χ0v) is 8.31. The van der Waals surface area contributed by atoms with Crippen LogP contribution in [0.15, 0.2) is 0 Å². The summed E-state index contributed by atoms with van der Waals surface area (Å²) in [5.74, 6) is -7.04. The Bertz CT molecular complexity index is 259. The normalized spacial score (nSPS) is 16.9. The van der Waals surface area contributed by atoms with E-state index in [1.807, 2.05) is 0 Å². The van der Waals surface area contributed by atoms with Crippen molar-refractivity contribution >= 4 is 5.97 Å². The molecule has 0 aromatic carbocycles. The number of alkyl halides is 5. The first kappa shape index (κ1) is 15.1. The molecular formula is C8H11F5O3. The fraction of sp³-hybridized carbons (Fsp3) is 0.875. The lowest BCUT2D eigenvalue weighted by molar-refractivity contribution is -0.207. The van der Waals surface area contributed by atoms with Crippen molar-refractivity contribution in [1.29, 1.82) is 0 Å². The van der Waals surface area contributed by atoms with Crippen LogP contribution in [0.4, 0.5) is 22.0 Å². The van der Waals surface area contributed by atoms with Crippen LogP contribution in [0.2, 0.25) is 0 Å². The minimum absolute atomic E-state index is 0.498. The first-order chi connectivity index (χ1) is 6.90. The quantitative estimate of drug-likeness (QED) is 0.735. The van der Waals surface area contributed by atoms with E-state index in [4.69, 9.17) is 10.2 Å². The monoisotopic (exact) mass is 250 g/mol. The number of carboxylic acid groups (broad SMARTS) is 1. The molecule has 1 atom stereocenters. The summed E-state index contributed by atoms with van der Waals surface area (Å²) in [5.41, 5.74) is -3.00. The van der Waals surface area contributed by atoms with Gasteiger partial charge in [-0.25, -0.2) is 4.79 Å². The molecule has 96 valence electrons. The predicted molar refractivity (Wildman–Crippen MR) is 43.1 cm³/mol. The number of aliphatic carboxylic acids is 1. The summed E-state index contributed by atoms with van der Waals surface area (Å²) in [5, 5.41) is 17.2. The second-order valence-electron chi connectivity index (χ2n) is 3.62. The highest BCUT2D eigenvalue weighted by molar-refractivity contribution is 5.76. The number of hydrogen-bond acceptors (Lipinski definition) is 2. The molecule has 0 aromatic heterocycles. The highest BCUT2D eigenvalue weighted by Crippen LogP contribution is 2.34. The van der Waals surface area contributed by atoms with E-state index in [2.05, 4.69) is 0 Å². The Kier molecular flexibility index (Phi) is 4.26. The van der Waals surface area contributed by atoms with Gasteiger partial charge in [-0.3, -0.25) is 0 Å². The van der Waals surface area contributed by atoms with Crippen LogP contribution in [0, 0.1) is 0 Å². The summed E-state index contributed by atoms with van der Waals surface area (Å²) in [4.78, 5) is 10.1. The summed E-state index contributed by atoms with van der Waals surface area (Å²) in [6.45, 7) is 0.498. The van der Waals surface area contributed by atoms with E-state index in [0.29, 0.717) is 6.92 Å². The van der Waals surface area contributed by atoms with Gasteiger partial charge in [0, 0.05) is 6.42 Å². The van der Waals surface area contributed by atoms with Crippen molar-refractivity contribution in [2.75, 3.05) is 0 Å². The molecule has 0 fully saturated rings. The summed E-state index contributed by atoms with van der Waals surface area (Å²) < 4.78 is 60.7. The Hall–Kier alpha value is -0.920. The van der Waals surface area contributed by atoms with Gasteiger partial charge >= 0.3 is 18.1 Å². The predicted octanol–water partition coefficient (Wildman–Crippen LogP) is 2.19. The van der Waals surface area contributed by atoms with Gasteiger partial charge in [0.05, 0.1) is 0 Å². The number of halogens is 5. The number of aliphatic hydroxyl groups is 1. The van der Waals surface area contributed by atoms with Gasteiger partial charge in [0.1, 0.15) is 5.60 Å². The number of carboxylic acids is 1. The summed E-state index contributed by atoms with van der Waals surface area (Å²) in [6, 6.07) is 0. The maximum Gasteiger partial charge on any atom is 0.389 e. The molecule has 0 aromatic rings. The number of hydrogen-bond donors (Lipinski definition) is 2. The summed E-state index contributed by atoms with van der Waals surface area (Å²) in [7, 11) is 0. The van der Waals surface area contributed by atoms with Crippen LogP contribution in [0.3, 0.4) is 0 Å². The lowest BCUT2D eigenvalue weighted by Gasteiger charge is -2.29. The Balaban J connectivity index is 4.42. The van der Waals surface area contributed by atoms with E-state index >= 15 is 0 Å². The van der Waals surface area contributed by atoms with Crippen molar-refractivity contribution in [3.05, 3.63) is 0 Å². The highest BCUT2D eigenvalue weighted by Gasteiger charge is 2.55. The Morgan fingerprint density at radius 1 is 1.12 bits per heavy atom. The molecule has 8 heteroatoms. The molecule has 2 N–H and O–H groups in total. The zero-order valence-electron chi connectivity index (χ0n) is 8.31. The van der Waals surface area contributed by atoms with Crippen molar-refractivity contribution in [3.63, 3.8) is 0 Å². The molecule has 0 bridgehead atoms. The van der Waals surface area contributed by atoms with Crippen molar-refractivity contribution < 1.29 is 37.0 Å². The van der Waals surface area contributed by atoms with Crippen LogP contribution < -0.4 is 0 Å². The van der Waals surface area contributed by atoms with Crippen molar-refractivity contribution in [2.24, 2.45) is 0 Å². The first-order valence-electron chi connectivity index (χ1n) is 4.30. The molecule has 0 radical (unpaired) electrons. The van der Waals surface area contributed by atoms with Crippen LogP contribution in [0.5, 0.6) is 0 Å². The molecule has 0 aliphatic carbocycles. The third-order valence-electron chi connectivity index (χ3n) is 2.07. The molecule has 1 unspecified atom stereocenters. The van der Waals surface area contributed by atoms with Crippen LogP contribution in [0.1, 0.15) is 26.2 Å². The average Bonchev–Trinajstić information content (AvgIpc) is 2.00. The Labute approximate surface area is 87.9 Å². The minimum atomic E-state index is -4.52. The molecule has 16 heavy (non-hydrogen) atoms. The van der Waals surface area contributed by atoms with E-state index in [1.165, 1.54) is 0 Å². The van der Waals surface area contributed by atoms with Crippen LogP contribution in [-0.2, 0) is 4.79 Å². The second-order valence-corrected chi connectivity index (χ2v) is 3.62. The van der Waals surface area contributed by atoms with Gasteiger partial charge in [0.15, 0.2) is 0 Å². The van der Waals surface area contributed by atoms with E-state index in [-0.39, 0.29) is 0 Å². The van der Waals surface area contributed by atoms with Crippen LogP contribution in [-0.4, -0.2) is 33.9 Å². The second kappa shape index (κ2) is 4.52. The maximum atomic E-state index is 12.8. The van der Waals surface area contributed by atoms with Gasteiger partial charge in [-0.15, -0.1) is 0 Å². The molecule has 0 spiro atoms. The first-order valence-corrected chi connectivity index (χ1v) is 4.30. The lowest BCUT2D eigenvalue weighted by Crippen LogP contribution is -2.51. The molecule has 0 heterocycles. The van der Waals surface area contributed by atoms with Crippen LogP contribution >= 0.6 is 0 Å². The molecule has 0 aliphatic rings. The SMILES string of the molecule is CC(O)(CCCC(F)(F)F)C(F)(F)C(=O)O. The number of rotatable bonds is 5. The zero-order chi connectivity index (χ0) is 13.2. The molecule has 0 saturated carbocycles. The van der Waals surface area contributed by atoms with Gasteiger partial charge in [0.25, 0.3) is 0 Å². The van der Waals surface area contributed by atoms with Gasteiger partial charge in [-0.1, -0.05) is 0 Å². The fourth-order valence-electron chi connectivity index (χ4n) is 1.02. The summed E-state index contributed by atoms with van der Waals surface area (Å²) in [6.07, 6.45) is -7.58. The Morgan fingerprint density at radius 3 is 1.88 bits per heavy atom. The largest absolute Gasteiger partial charge is 0.477 e. The van der Waals surface area contributed by atoms with Crippen molar-refractivity contribution in [3.8, 4) is 0 Å². The van der Waals surface area contributed by atoms with Crippen LogP contribution in [0.25, 0.3) is 0 Å². The van der Waals surface area contributed by atoms with E-state index < -0.39 is 42.9 Å². The highest BCUT2D eigenvalue weighted by atomic mass is 19.4. The third kappa shape index (κ3) is 3.92. The van der Waals surface area contributed by atoms with Gasteiger partial charge in [-0.05, 0) is 19.8 Å². The van der Waals surface area contributed by atoms with Gasteiger partial charge < -0.3 is 10.2 Å². The maximum absolute atomic E-state index is 12.8. The topological polar surface area (TPSA) is 57.5 Å². The van der Waals surface area contributed by atoms with E-state index in [1.54, 1.807) is 0 Å².